The van der Waals surface area contributed by atoms with E-state index in [4.69, 9.17) is 4.42 Å². The summed E-state index contributed by atoms with van der Waals surface area (Å²) in [7, 11) is 0. The predicted molar refractivity (Wildman–Crippen MR) is 236 cm³/mol. The van der Waals surface area contributed by atoms with Crippen molar-refractivity contribution in [1.82, 2.24) is 0 Å². The van der Waals surface area contributed by atoms with E-state index in [9.17, 15) is 0 Å². The van der Waals surface area contributed by atoms with Gasteiger partial charge in [-0.1, -0.05) is 164 Å². The van der Waals surface area contributed by atoms with Crippen LogP contribution < -0.4 is 4.90 Å². The van der Waals surface area contributed by atoms with E-state index in [2.05, 4.69) is 229 Å². The molecule has 0 aliphatic carbocycles. The van der Waals surface area contributed by atoms with Crippen molar-refractivity contribution in [3.8, 4) is 55.6 Å². The molecule has 264 valence electrons. The highest BCUT2D eigenvalue weighted by Crippen LogP contribution is 2.42. The molecule has 0 atom stereocenters. The molecule has 0 saturated carbocycles. The zero-order valence-electron chi connectivity index (χ0n) is 30.7. The zero-order chi connectivity index (χ0) is 37.3. The Bertz CT molecular complexity index is 2820. The van der Waals surface area contributed by atoms with Gasteiger partial charge in [0.2, 0.25) is 0 Å². The first-order valence-corrected chi connectivity index (χ1v) is 19.1. The quantitative estimate of drug-likeness (QED) is 0.156. The summed E-state index contributed by atoms with van der Waals surface area (Å²) in [6.07, 6.45) is 0. The van der Waals surface area contributed by atoms with Crippen molar-refractivity contribution in [2.24, 2.45) is 0 Å². The van der Waals surface area contributed by atoms with Crippen molar-refractivity contribution in [2.45, 2.75) is 0 Å². The lowest BCUT2D eigenvalue weighted by Crippen LogP contribution is -2.09. The molecule has 9 aromatic carbocycles. The van der Waals surface area contributed by atoms with Crippen LogP contribution in [0.4, 0.5) is 17.1 Å². The number of hydrogen-bond acceptors (Lipinski definition) is 2. The van der Waals surface area contributed by atoms with Crippen molar-refractivity contribution in [1.29, 1.82) is 0 Å². The maximum atomic E-state index is 6.63. The Labute approximate surface area is 327 Å². The molecule has 0 saturated heterocycles. The van der Waals surface area contributed by atoms with Crippen LogP contribution in [-0.4, -0.2) is 0 Å². The van der Waals surface area contributed by atoms with Gasteiger partial charge in [0.25, 0.3) is 0 Å². The minimum atomic E-state index is 0.886. The number of hydrogen-bond donors (Lipinski definition) is 0. The Kier molecular flexibility index (Phi) is 8.55. The average Bonchev–Trinajstić information content (AvgIpc) is 3.66. The van der Waals surface area contributed by atoms with Crippen LogP contribution in [0.25, 0.3) is 77.6 Å². The molecule has 0 aliphatic heterocycles. The van der Waals surface area contributed by atoms with Gasteiger partial charge in [-0.15, -0.1) is 0 Å². The van der Waals surface area contributed by atoms with E-state index in [1.807, 2.05) is 0 Å². The first-order chi connectivity index (χ1) is 27.7. The Morgan fingerprint density at radius 3 is 1.09 bits per heavy atom. The first-order valence-electron chi connectivity index (χ1n) is 19.1. The molecule has 0 N–H and O–H groups in total. The largest absolute Gasteiger partial charge is 0.455 e. The van der Waals surface area contributed by atoms with Crippen LogP contribution in [0.3, 0.4) is 0 Å². The zero-order valence-corrected chi connectivity index (χ0v) is 30.7. The van der Waals surface area contributed by atoms with Crippen molar-refractivity contribution >= 4 is 39.0 Å². The Morgan fingerprint density at radius 2 is 0.625 bits per heavy atom. The third-order valence-corrected chi connectivity index (χ3v) is 10.7. The van der Waals surface area contributed by atoms with Crippen LogP contribution in [0.1, 0.15) is 0 Å². The van der Waals surface area contributed by atoms with Gasteiger partial charge < -0.3 is 9.32 Å². The molecule has 2 heteroatoms. The third kappa shape index (κ3) is 6.34. The van der Waals surface area contributed by atoms with E-state index in [-0.39, 0.29) is 0 Å². The standard InChI is InChI=1S/C54H37NO/c1-5-13-38(14-6-1)41-21-28-47(29-22-41)55(48-30-23-42(24-31-48)39-15-7-2-8-16-39)49-32-25-43(26-33-49)46-36-50(44-19-11-4-12-20-44)54-52(37-46)51-35-45(27-34-53(51)56-54)40-17-9-3-10-18-40/h1-37H. The van der Waals surface area contributed by atoms with Crippen molar-refractivity contribution in [3.63, 3.8) is 0 Å². The van der Waals surface area contributed by atoms with Crippen LogP contribution in [0.15, 0.2) is 229 Å². The molecule has 0 amide bonds. The minimum absolute atomic E-state index is 0.886. The molecule has 0 spiro atoms. The van der Waals surface area contributed by atoms with Crippen LogP contribution in [0.5, 0.6) is 0 Å². The summed E-state index contributed by atoms with van der Waals surface area (Å²) >= 11 is 0. The SMILES string of the molecule is c1ccc(-c2ccc(N(c3ccc(-c4ccccc4)cc3)c3ccc(-c4cc(-c5ccccc5)c5oc6ccc(-c7ccccc7)cc6c5c4)cc3)cc2)cc1. The van der Waals surface area contributed by atoms with Crippen molar-refractivity contribution in [2.75, 3.05) is 4.90 Å². The Balaban J connectivity index is 1.07. The summed E-state index contributed by atoms with van der Waals surface area (Å²) in [5, 5.41) is 2.22. The number of furan rings is 1. The molecule has 1 heterocycles. The number of nitrogens with zero attached hydrogens (tertiary/aromatic N) is 1. The molecule has 56 heavy (non-hydrogen) atoms. The highest BCUT2D eigenvalue weighted by Gasteiger charge is 2.18. The fourth-order valence-corrected chi connectivity index (χ4v) is 7.80. The molecule has 10 aromatic rings. The van der Waals surface area contributed by atoms with E-state index in [0.717, 1.165) is 61.3 Å². The summed E-state index contributed by atoms with van der Waals surface area (Å²) in [5.74, 6) is 0. The fraction of sp³-hybridized carbons (Fsp3) is 0. The average molecular weight is 716 g/mol. The minimum Gasteiger partial charge on any atom is -0.455 e. The molecule has 0 aliphatic rings. The van der Waals surface area contributed by atoms with Crippen LogP contribution >= 0.6 is 0 Å². The molecule has 2 nitrogen and oxygen atoms in total. The molecule has 10 rings (SSSR count). The van der Waals surface area contributed by atoms with Gasteiger partial charge in [-0.25, -0.2) is 0 Å². The lowest BCUT2D eigenvalue weighted by molar-refractivity contribution is 0.670. The topological polar surface area (TPSA) is 16.4 Å². The van der Waals surface area contributed by atoms with Crippen molar-refractivity contribution in [3.05, 3.63) is 224 Å². The van der Waals surface area contributed by atoms with Gasteiger partial charge in [0.15, 0.2) is 0 Å². The van der Waals surface area contributed by atoms with E-state index in [1.54, 1.807) is 0 Å². The van der Waals surface area contributed by atoms with Crippen LogP contribution in [-0.2, 0) is 0 Å². The Hall–Kier alpha value is -7.42. The predicted octanol–water partition coefficient (Wildman–Crippen LogP) is 15.4. The second-order valence-corrected chi connectivity index (χ2v) is 14.2. The van der Waals surface area contributed by atoms with E-state index in [0.29, 0.717) is 0 Å². The highest BCUT2D eigenvalue weighted by molar-refractivity contribution is 6.12. The van der Waals surface area contributed by atoms with E-state index < -0.39 is 0 Å². The lowest BCUT2D eigenvalue weighted by atomic mass is 9.95. The maximum Gasteiger partial charge on any atom is 0.143 e. The van der Waals surface area contributed by atoms with Gasteiger partial charge in [-0.3, -0.25) is 0 Å². The van der Waals surface area contributed by atoms with E-state index in [1.165, 1.54) is 33.4 Å². The number of rotatable bonds is 8. The van der Waals surface area contributed by atoms with Gasteiger partial charge in [0.05, 0.1) is 0 Å². The van der Waals surface area contributed by atoms with Gasteiger partial charge in [0, 0.05) is 33.4 Å². The molecule has 1 aromatic heterocycles. The number of anilines is 3. The number of benzene rings is 9. The summed E-state index contributed by atoms with van der Waals surface area (Å²) < 4.78 is 6.63. The maximum absolute atomic E-state index is 6.63. The first kappa shape index (κ1) is 33.2. The van der Waals surface area contributed by atoms with Crippen LogP contribution in [0.2, 0.25) is 0 Å². The van der Waals surface area contributed by atoms with Gasteiger partial charge in [0.1, 0.15) is 11.2 Å². The lowest BCUT2D eigenvalue weighted by Gasteiger charge is -2.26. The molecule has 0 fully saturated rings. The second kappa shape index (κ2) is 14.4. The second-order valence-electron chi connectivity index (χ2n) is 14.2. The molecule has 0 bridgehead atoms. The van der Waals surface area contributed by atoms with Gasteiger partial charge in [-0.2, -0.15) is 0 Å². The Morgan fingerprint density at radius 1 is 0.268 bits per heavy atom. The molecular weight excluding hydrogens is 679 g/mol. The van der Waals surface area contributed by atoms with Crippen LogP contribution in [0, 0.1) is 0 Å². The summed E-state index contributed by atoms with van der Waals surface area (Å²) in [6, 6.07) is 79.9. The monoisotopic (exact) mass is 715 g/mol. The molecule has 0 unspecified atom stereocenters. The van der Waals surface area contributed by atoms with Gasteiger partial charge >= 0.3 is 0 Å². The highest BCUT2D eigenvalue weighted by atomic mass is 16.3. The van der Waals surface area contributed by atoms with Gasteiger partial charge in [-0.05, 0) is 111 Å². The normalized spacial score (nSPS) is 11.2. The van der Waals surface area contributed by atoms with Crippen molar-refractivity contribution < 1.29 is 4.42 Å². The fourth-order valence-electron chi connectivity index (χ4n) is 7.80. The smallest absolute Gasteiger partial charge is 0.143 e. The number of fused-ring (bicyclic) bond motifs is 3. The summed E-state index contributed by atoms with van der Waals surface area (Å²) in [4.78, 5) is 2.33. The molecule has 0 radical (unpaired) electrons. The third-order valence-electron chi connectivity index (χ3n) is 10.7. The molecular formula is C54H37NO. The van der Waals surface area contributed by atoms with E-state index >= 15 is 0 Å². The summed E-state index contributed by atoms with van der Waals surface area (Å²) in [5.41, 5.74) is 16.7. The summed E-state index contributed by atoms with van der Waals surface area (Å²) in [6.45, 7) is 0.